The molecule has 76 valence electrons. The third-order valence-electron chi connectivity index (χ3n) is 3.70. The molecule has 2 rings (SSSR count). The van der Waals surface area contributed by atoms with E-state index in [4.69, 9.17) is 0 Å². The van der Waals surface area contributed by atoms with Crippen molar-refractivity contribution in [1.29, 1.82) is 0 Å². The molecule has 2 nitrogen and oxygen atoms in total. The second kappa shape index (κ2) is 3.25. The Morgan fingerprint density at radius 1 is 1.38 bits per heavy atom. The minimum Gasteiger partial charge on any atom is -0.390 e. The molecule has 1 aliphatic carbocycles. The van der Waals surface area contributed by atoms with Gasteiger partial charge in [-0.15, -0.1) is 0 Å². The fourth-order valence-corrected chi connectivity index (χ4v) is 2.20. The van der Waals surface area contributed by atoms with Gasteiger partial charge in [-0.1, -0.05) is 6.92 Å². The van der Waals surface area contributed by atoms with Gasteiger partial charge in [0.15, 0.2) is 0 Å². The van der Waals surface area contributed by atoms with Crippen molar-refractivity contribution in [1.82, 2.24) is 4.90 Å². The summed E-state index contributed by atoms with van der Waals surface area (Å²) in [6, 6.07) is 0. The smallest absolute Gasteiger partial charge is 0.0644 e. The van der Waals surface area contributed by atoms with Gasteiger partial charge in [0.2, 0.25) is 0 Å². The Morgan fingerprint density at radius 2 is 1.92 bits per heavy atom. The molecule has 13 heavy (non-hydrogen) atoms. The molecule has 2 heteroatoms. The summed E-state index contributed by atoms with van der Waals surface area (Å²) in [6.07, 6.45) is 3.33. The zero-order valence-corrected chi connectivity index (χ0v) is 8.79. The second-order valence-electron chi connectivity index (χ2n) is 5.27. The van der Waals surface area contributed by atoms with E-state index in [9.17, 15) is 5.11 Å². The predicted octanol–water partition coefficient (Wildman–Crippen LogP) is 1.49. The van der Waals surface area contributed by atoms with Crippen molar-refractivity contribution in [3.63, 3.8) is 0 Å². The lowest BCUT2D eigenvalue weighted by molar-refractivity contribution is -0.00650. The molecule has 1 aliphatic heterocycles. The number of hydrogen-bond acceptors (Lipinski definition) is 2. The Balaban J connectivity index is 1.72. The first kappa shape index (κ1) is 9.47. The molecule has 2 aliphatic rings. The summed E-state index contributed by atoms with van der Waals surface area (Å²) in [5, 5.41) is 9.77. The molecule has 1 heterocycles. The highest BCUT2D eigenvalue weighted by Gasteiger charge is 2.36. The van der Waals surface area contributed by atoms with Crippen molar-refractivity contribution in [2.45, 2.75) is 38.7 Å². The Kier molecular flexibility index (Phi) is 2.37. The molecule has 1 N–H and O–H groups in total. The van der Waals surface area contributed by atoms with E-state index >= 15 is 0 Å². The zero-order chi connectivity index (χ0) is 9.47. The van der Waals surface area contributed by atoms with Crippen LogP contribution >= 0.6 is 0 Å². The van der Waals surface area contributed by atoms with Crippen LogP contribution < -0.4 is 0 Å². The molecular formula is C11H21NO. The van der Waals surface area contributed by atoms with E-state index in [2.05, 4.69) is 11.8 Å². The van der Waals surface area contributed by atoms with Gasteiger partial charge < -0.3 is 10.0 Å². The highest BCUT2D eigenvalue weighted by atomic mass is 16.3. The van der Waals surface area contributed by atoms with Gasteiger partial charge in [0.05, 0.1) is 5.60 Å². The summed E-state index contributed by atoms with van der Waals surface area (Å²) < 4.78 is 0. The van der Waals surface area contributed by atoms with Crippen molar-refractivity contribution >= 4 is 0 Å². The van der Waals surface area contributed by atoms with Gasteiger partial charge in [-0.3, -0.25) is 0 Å². The quantitative estimate of drug-likeness (QED) is 0.701. The molecule has 2 unspecified atom stereocenters. The first-order valence-electron chi connectivity index (χ1n) is 5.51. The Morgan fingerprint density at radius 3 is 2.38 bits per heavy atom. The average Bonchev–Trinajstić information content (AvgIpc) is 2.72. The fraction of sp³-hybridized carbons (Fsp3) is 1.00. The number of piperidine rings is 1. The molecule has 0 bridgehead atoms. The molecule has 0 amide bonds. The summed E-state index contributed by atoms with van der Waals surface area (Å²) in [6.45, 7) is 7.76. The molecule has 0 radical (unpaired) electrons. The first-order chi connectivity index (χ1) is 6.07. The van der Waals surface area contributed by atoms with E-state index in [1.54, 1.807) is 0 Å². The van der Waals surface area contributed by atoms with Crippen LogP contribution in [0.4, 0.5) is 0 Å². The van der Waals surface area contributed by atoms with Crippen LogP contribution in [-0.4, -0.2) is 35.2 Å². The Labute approximate surface area is 80.9 Å². The highest BCUT2D eigenvalue weighted by molar-refractivity contribution is 4.88. The van der Waals surface area contributed by atoms with Crippen LogP contribution in [0.2, 0.25) is 0 Å². The van der Waals surface area contributed by atoms with Crippen LogP contribution in [0.15, 0.2) is 0 Å². The third-order valence-corrected chi connectivity index (χ3v) is 3.70. The van der Waals surface area contributed by atoms with Gasteiger partial charge in [-0.05, 0) is 38.0 Å². The van der Waals surface area contributed by atoms with Crippen LogP contribution in [0, 0.1) is 11.8 Å². The van der Waals surface area contributed by atoms with Crippen molar-refractivity contribution in [3.05, 3.63) is 0 Å². The number of rotatable bonds is 2. The van der Waals surface area contributed by atoms with Crippen LogP contribution in [0.1, 0.15) is 33.1 Å². The maximum atomic E-state index is 9.77. The first-order valence-corrected chi connectivity index (χ1v) is 5.51. The van der Waals surface area contributed by atoms with Gasteiger partial charge >= 0.3 is 0 Å². The monoisotopic (exact) mass is 183 g/mol. The van der Waals surface area contributed by atoms with Crippen molar-refractivity contribution in [3.8, 4) is 0 Å². The van der Waals surface area contributed by atoms with Gasteiger partial charge in [-0.25, -0.2) is 0 Å². The van der Waals surface area contributed by atoms with E-state index in [0.29, 0.717) is 0 Å². The topological polar surface area (TPSA) is 23.5 Å². The zero-order valence-electron chi connectivity index (χ0n) is 8.79. The molecule has 0 spiro atoms. The third kappa shape index (κ3) is 2.44. The van der Waals surface area contributed by atoms with Crippen LogP contribution in [-0.2, 0) is 0 Å². The fourth-order valence-electron chi connectivity index (χ4n) is 2.20. The van der Waals surface area contributed by atoms with Crippen LogP contribution in [0.3, 0.4) is 0 Å². The minimum atomic E-state index is -0.383. The molecule has 1 saturated carbocycles. The van der Waals surface area contributed by atoms with Crippen molar-refractivity contribution in [2.24, 2.45) is 11.8 Å². The molecule has 1 saturated heterocycles. The highest BCUT2D eigenvalue weighted by Crippen LogP contribution is 2.38. The minimum absolute atomic E-state index is 0.383. The van der Waals surface area contributed by atoms with Gasteiger partial charge in [-0.2, -0.15) is 0 Å². The average molecular weight is 183 g/mol. The van der Waals surface area contributed by atoms with Gasteiger partial charge in [0.25, 0.3) is 0 Å². The van der Waals surface area contributed by atoms with Crippen molar-refractivity contribution in [2.75, 3.05) is 19.6 Å². The van der Waals surface area contributed by atoms with Crippen molar-refractivity contribution < 1.29 is 5.11 Å². The van der Waals surface area contributed by atoms with E-state index in [1.165, 1.54) is 13.0 Å². The SMILES string of the molecule is CC1CC1CN1CCC(C)(O)CC1. The lowest BCUT2D eigenvalue weighted by atomic mass is 9.94. The van der Waals surface area contributed by atoms with Gasteiger partial charge in [0, 0.05) is 19.6 Å². The normalized spacial score (nSPS) is 39.0. The lowest BCUT2D eigenvalue weighted by Gasteiger charge is -2.35. The van der Waals surface area contributed by atoms with E-state index < -0.39 is 0 Å². The molecule has 2 fully saturated rings. The Hall–Kier alpha value is -0.0800. The summed E-state index contributed by atoms with van der Waals surface area (Å²) in [5.41, 5.74) is -0.383. The molecule has 2 atom stereocenters. The van der Waals surface area contributed by atoms with Gasteiger partial charge in [0.1, 0.15) is 0 Å². The molecule has 0 aromatic carbocycles. The van der Waals surface area contributed by atoms with E-state index in [0.717, 1.165) is 37.8 Å². The predicted molar refractivity (Wildman–Crippen MR) is 53.6 cm³/mol. The van der Waals surface area contributed by atoms with Crippen LogP contribution in [0.25, 0.3) is 0 Å². The number of aliphatic hydroxyl groups is 1. The standard InChI is InChI=1S/C11H21NO/c1-9-7-10(9)8-12-5-3-11(2,13)4-6-12/h9-10,13H,3-8H2,1-2H3. The second-order valence-corrected chi connectivity index (χ2v) is 5.27. The molecule has 0 aromatic heterocycles. The van der Waals surface area contributed by atoms with E-state index in [1.807, 2.05) is 6.92 Å². The Bertz CT molecular complexity index is 181. The molecule has 0 aromatic rings. The molecular weight excluding hydrogens is 162 g/mol. The summed E-state index contributed by atoms with van der Waals surface area (Å²) in [4.78, 5) is 2.52. The summed E-state index contributed by atoms with van der Waals surface area (Å²) >= 11 is 0. The summed E-state index contributed by atoms with van der Waals surface area (Å²) in [5.74, 6) is 1.92. The number of nitrogens with zero attached hydrogens (tertiary/aromatic N) is 1. The maximum Gasteiger partial charge on any atom is 0.0644 e. The number of hydrogen-bond donors (Lipinski definition) is 1. The summed E-state index contributed by atoms with van der Waals surface area (Å²) in [7, 11) is 0. The maximum absolute atomic E-state index is 9.77. The van der Waals surface area contributed by atoms with E-state index in [-0.39, 0.29) is 5.60 Å². The number of likely N-dealkylation sites (tertiary alicyclic amines) is 1. The largest absolute Gasteiger partial charge is 0.390 e. The van der Waals surface area contributed by atoms with Crippen LogP contribution in [0.5, 0.6) is 0 Å². The lowest BCUT2D eigenvalue weighted by Crippen LogP contribution is -2.43.